The van der Waals surface area contributed by atoms with Crippen molar-refractivity contribution in [2.45, 2.75) is 70.0 Å². The number of unbranched alkanes of at least 4 members (excludes halogenated alkanes) is 2. The van der Waals surface area contributed by atoms with E-state index in [1.165, 1.54) is 56.3 Å². The number of benzene rings is 1. The second-order valence-electron chi connectivity index (χ2n) is 6.67. The Hall–Kier alpha value is -0.703. The summed E-state index contributed by atoms with van der Waals surface area (Å²) in [5.41, 5.74) is 0.941. The van der Waals surface area contributed by atoms with Crippen LogP contribution in [-0.4, -0.2) is 8.80 Å². The first-order valence-corrected chi connectivity index (χ1v) is 11.1. The highest BCUT2D eigenvalue weighted by Crippen LogP contribution is 2.31. The average Bonchev–Trinajstić information content (AvgIpc) is 2.50. The molecule has 0 atom stereocenters. The summed E-state index contributed by atoms with van der Waals surface area (Å²) < 4.78 is 26.1. The zero-order valence-corrected chi connectivity index (χ0v) is 14.4. The number of hydrogen-bond donors (Lipinski definition) is 0. The summed E-state index contributed by atoms with van der Waals surface area (Å²) in [6.45, 7) is 2.27. The number of halogens is 2. The molecule has 1 heterocycles. The van der Waals surface area contributed by atoms with Gasteiger partial charge in [0.05, 0.1) is 0 Å². The molecule has 0 N–H and O–H groups in total. The SMILES string of the molecule is CCCCC[SiH]1CCC(CCc2ccc(F)c(F)c2)CC1. The summed E-state index contributed by atoms with van der Waals surface area (Å²) in [4.78, 5) is 0. The minimum Gasteiger partial charge on any atom is -0.204 e. The summed E-state index contributed by atoms with van der Waals surface area (Å²) in [6, 6.07) is 8.90. The van der Waals surface area contributed by atoms with Crippen LogP contribution in [0, 0.1) is 17.6 Å². The molecule has 1 aliphatic rings. The highest BCUT2D eigenvalue weighted by molar-refractivity contribution is 6.58. The van der Waals surface area contributed by atoms with Gasteiger partial charge in [0.1, 0.15) is 0 Å². The predicted molar refractivity (Wildman–Crippen MR) is 88.5 cm³/mol. The lowest BCUT2D eigenvalue weighted by Gasteiger charge is -2.27. The molecular formula is C18H28F2Si. The third-order valence-corrected chi connectivity index (χ3v) is 8.53. The van der Waals surface area contributed by atoms with Gasteiger partial charge in [-0.2, -0.15) is 0 Å². The minimum absolute atomic E-state index is 0.419. The van der Waals surface area contributed by atoms with Gasteiger partial charge in [0, 0.05) is 8.80 Å². The van der Waals surface area contributed by atoms with Crippen molar-refractivity contribution >= 4 is 8.80 Å². The molecular weight excluding hydrogens is 282 g/mol. The number of rotatable bonds is 7. The van der Waals surface area contributed by atoms with Gasteiger partial charge in [0.25, 0.3) is 0 Å². The summed E-state index contributed by atoms with van der Waals surface area (Å²) >= 11 is 0. The Bertz CT molecular complexity index is 425. The Balaban J connectivity index is 1.67. The monoisotopic (exact) mass is 310 g/mol. The van der Waals surface area contributed by atoms with Crippen LogP contribution in [0.25, 0.3) is 0 Å². The van der Waals surface area contributed by atoms with E-state index in [1.54, 1.807) is 12.1 Å². The van der Waals surface area contributed by atoms with Crippen molar-refractivity contribution in [2.24, 2.45) is 5.92 Å². The fraction of sp³-hybridized carbons (Fsp3) is 0.667. The summed E-state index contributed by atoms with van der Waals surface area (Å²) in [5, 5.41) is 0. The van der Waals surface area contributed by atoms with E-state index in [9.17, 15) is 8.78 Å². The normalized spacial score (nSPS) is 22.4. The van der Waals surface area contributed by atoms with Crippen LogP contribution in [0.15, 0.2) is 18.2 Å². The van der Waals surface area contributed by atoms with Gasteiger partial charge in [0.15, 0.2) is 11.6 Å². The Labute approximate surface area is 129 Å². The molecule has 1 fully saturated rings. The standard InChI is InChI=1S/C18H28F2Si/c1-2-3-4-11-21-12-9-15(10-13-21)5-6-16-7-8-17(19)18(20)14-16/h7-8,14-15,21H,2-6,9-13H2,1H3. The van der Waals surface area contributed by atoms with Crippen LogP contribution in [-0.2, 0) is 6.42 Å². The summed E-state index contributed by atoms with van der Waals surface area (Å²) in [7, 11) is -0.419. The van der Waals surface area contributed by atoms with Crippen LogP contribution in [0.5, 0.6) is 0 Å². The second-order valence-corrected chi connectivity index (χ2v) is 10.1. The van der Waals surface area contributed by atoms with E-state index in [4.69, 9.17) is 0 Å². The predicted octanol–water partition coefficient (Wildman–Crippen LogP) is 5.72. The van der Waals surface area contributed by atoms with Crippen LogP contribution in [0.1, 0.15) is 51.0 Å². The minimum atomic E-state index is -0.739. The van der Waals surface area contributed by atoms with Gasteiger partial charge in [-0.1, -0.05) is 63.2 Å². The maximum Gasteiger partial charge on any atom is 0.159 e. The van der Waals surface area contributed by atoms with Crippen LogP contribution in [0.2, 0.25) is 18.1 Å². The van der Waals surface area contributed by atoms with Crippen molar-refractivity contribution in [3.63, 3.8) is 0 Å². The lowest BCUT2D eigenvalue weighted by Crippen LogP contribution is -2.21. The molecule has 3 heteroatoms. The molecule has 0 bridgehead atoms. The van der Waals surface area contributed by atoms with Crippen molar-refractivity contribution in [3.05, 3.63) is 35.4 Å². The molecule has 0 amide bonds. The Morgan fingerprint density at radius 3 is 2.52 bits per heavy atom. The van der Waals surface area contributed by atoms with Gasteiger partial charge in [-0.25, -0.2) is 8.78 Å². The van der Waals surface area contributed by atoms with Crippen LogP contribution in [0.4, 0.5) is 8.78 Å². The highest BCUT2D eigenvalue weighted by Gasteiger charge is 2.21. The van der Waals surface area contributed by atoms with Gasteiger partial charge in [-0.3, -0.25) is 0 Å². The smallest absolute Gasteiger partial charge is 0.159 e. The first-order chi connectivity index (χ1) is 10.2. The lowest BCUT2D eigenvalue weighted by molar-refractivity contribution is 0.435. The van der Waals surface area contributed by atoms with Crippen molar-refractivity contribution in [1.82, 2.24) is 0 Å². The summed E-state index contributed by atoms with van der Waals surface area (Å²) in [5.74, 6) is -0.634. The average molecular weight is 311 g/mol. The van der Waals surface area contributed by atoms with Crippen LogP contribution >= 0.6 is 0 Å². The van der Waals surface area contributed by atoms with Crippen LogP contribution in [0.3, 0.4) is 0 Å². The molecule has 0 aliphatic carbocycles. The molecule has 1 saturated heterocycles. The van der Waals surface area contributed by atoms with Gasteiger partial charge in [0.2, 0.25) is 0 Å². The maximum atomic E-state index is 13.2. The molecule has 0 saturated carbocycles. The molecule has 0 unspecified atom stereocenters. The van der Waals surface area contributed by atoms with E-state index in [0.717, 1.165) is 24.3 Å². The largest absolute Gasteiger partial charge is 0.204 e. The maximum absolute atomic E-state index is 13.2. The molecule has 118 valence electrons. The van der Waals surface area contributed by atoms with E-state index in [2.05, 4.69) is 6.92 Å². The number of hydrogen-bond acceptors (Lipinski definition) is 0. The first kappa shape index (κ1) is 16.7. The number of aryl methyl sites for hydroxylation is 1. The van der Waals surface area contributed by atoms with Crippen molar-refractivity contribution < 1.29 is 8.78 Å². The zero-order chi connectivity index (χ0) is 15.1. The van der Waals surface area contributed by atoms with Gasteiger partial charge in [-0.15, -0.1) is 0 Å². The Morgan fingerprint density at radius 1 is 1.10 bits per heavy atom. The lowest BCUT2D eigenvalue weighted by atomic mass is 9.94. The van der Waals surface area contributed by atoms with Gasteiger partial charge in [-0.05, 0) is 36.5 Å². The van der Waals surface area contributed by atoms with Crippen LogP contribution < -0.4 is 0 Å². The molecule has 1 aromatic carbocycles. The topological polar surface area (TPSA) is 0 Å². The fourth-order valence-corrected chi connectivity index (χ4v) is 7.18. The highest BCUT2D eigenvalue weighted by atomic mass is 28.3. The van der Waals surface area contributed by atoms with Gasteiger partial charge < -0.3 is 0 Å². The van der Waals surface area contributed by atoms with Crippen molar-refractivity contribution in [3.8, 4) is 0 Å². The molecule has 2 rings (SSSR count). The molecule has 0 spiro atoms. The van der Waals surface area contributed by atoms with E-state index < -0.39 is 20.4 Å². The molecule has 1 aliphatic heterocycles. The second kappa shape index (κ2) is 8.67. The Kier molecular flexibility index (Phi) is 6.88. The van der Waals surface area contributed by atoms with E-state index in [0.29, 0.717) is 0 Å². The quantitative estimate of drug-likeness (QED) is 0.446. The fourth-order valence-electron chi connectivity index (χ4n) is 3.56. The third kappa shape index (κ3) is 5.53. The third-order valence-electron chi connectivity index (χ3n) is 5.01. The zero-order valence-electron chi connectivity index (χ0n) is 13.2. The Morgan fingerprint density at radius 2 is 1.86 bits per heavy atom. The summed E-state index contributed by atoms with van der Waals surface area (Å²) in [6.07, 6.45) is 8.98. The molecule has 0 aromatic heterocycles. The molecule has 0 nitrogen and oxygen atoms in total. The first-order valence-electron chi connectivity index (χ1n) is 8.63. The van der Waals surface area contributed by atoms with E-state index >= 15 is 0 Å². The van der Waals surface area contributed by atoms with E-state index in [1.807, 2.05) is 0 Å². The molecule has 1 aromatic rings. The molecule has 21 heavy (non-hydrogen) atoms. The van der Waals surface area contributed by atoms with E-state index in [-0.39, 0.29) is 0 Å². The molecule has 0 radical (unpaired) electrons. The van der Waals surface area contributed by atoms with Crippen molar-refractivity contribution in [1.29, 1.82) is 0 Å². The van der Waals surface area contributed by atoms with Crippen molar-refractivity contribution in [2.75, 3.05) is 0 Å². The van der Waals surface area contributed by atoms with Gasteiger partial charge >= 0.3 is 0 Å².